The number of benzene rings is 2. The lowest BCUT2D eigenvalue weighted by Gasteiger charge is -2.17. The van der Waals surface area contributed by atoms with Crippen molar-refractivity contribution in [2.24, 2.45) is 0 Å². The Morgan fingerprint density at radius 1 is 1.10 bits per heavy atom. The number of rotatable bonds is 4. The second-order valence-electron chi connectivity index (χ2n) is 4.31. The maximum absolute atomic E-state index is 10.6. The summed E-state index contributed by atoms with van der Waals surface area (Å²) in [6, 6.07) is 11.2. The lowest BCUT2D eigenvalue weighted by Crippen LogP contribution is -2.06. The Morgan fingerprint density at radius 3 is 2.10 bits per heavy atom. The topological polar surface area (TPSA) is 49.7 Å². The summed E-state index contributed by atoms with van der Waals surface area (Å²) in [6.45, 7) is 0.00488. The molecule has 5 heteroatoms. The zero-order chi connectivity index (χ0) is 14.7. The van der Waals surface area contributed by atoms with Crippen molar-refractivity contribution < 1.29 is 14.9 Å². The lowest BCUT2D eigenvalue weighted by atomic mass is 10.0. The third-order valence-electron chi connectivity index (χ3n) is 3.03. The highest BCUT2D eigenvalue weighted by Crippen LogP contribution is 2.32. The standard InChI is InChI=1S/C15H14I2O3/c1-20-11-4-2-10(3-5-11)15(19)14-12(16)6-9(8-18)7-13(14)17/h2-7,15,18-19H,8H2,1H3/t15-/m0/s1. The third-order valence-corrected chi connectivity index (χ3v) is 4.81. The molecule has 0 fully saturated rings. The first-order valence-corrected chi connectivity index (χ1v) is 8.13. The van der Waals surface area contributed by atoms with E-state index in [9.17, 15) is 10.2 Å². The second kappa shape index (κ2) is 7.06. The molecule has 0 saturated heterocycles. The van der Waals surface area contributed by atoms with Crippen LogP contribution >= 0.6 is 45.2 Å². The molecule has 2 aromatic rings. The third kappa shape index (κ3) is 3.44. The highest BCUT2D eigenvalue weighted by molar-refractivity contribution is 14.1. The molecule has 0 saturated carbocycles. The number of methoxy groups -OCH3 is 1. The maximum Gasteiger partial charge on any atom is 0.118 e. The summed E-state index contributed by atoms with van der Waals surface area (Å²) in [5.74, 6) is 0.765. The molecule has 0 aliphatic rings. The van der Waals surface area contributed by atoms with Gasteiger partial charge < -0.3 is 14.9 Å². The molecule has 1 atom stereocenters. The molecule has 106 valence electrons. The SMILES string of the molecule is COc1ccc([C@H](O)c2c(I)cc(CO)cc2I)cc1. The zero-order valence-corrected chi connectivity index (χ0v) is 15.1. The number of aliphatic hydroxyl groups is 2. The van der Waals surface area contributed by atoms with E-state index in [0.29, 0.717) is 0 Å². The average Bonchev–Trinajstić information content (AvgIpc) is 2.46. The smallest absolute Gasteiger partial charge is 0.118 e. The van der Waals surface area contributed by atoms with E-state index in [-0.39, 0.29) is 6.61 Å². The van der Waals surface area contributed by atoms with Crippen molar-refractivity contribution in [1.29, 1.82) is 0 Å². The Hall–Kier alpha value is -0.380. The molecule has 0 aliphatic carbocycles. The summed E-state index contributed by atoms with van der Waals surface area (Å²) in [5, 5.41) is 19.8. The molecule has 2 rings (SSSR count). The summed E-state index contributed by atoms with van der Waals surface area (Å²) in [4.78, 5) is 0. The van der Waals surface area contributed by atoms with Crippen LogP contribution in [-0.2, 0) is 6.61 Å². The monoisotopic (exact) mass is 496 g/mol. The molecule has 2 aromatic carbocycles. The van der Waals surface area contributed by atoms with Gasteiger partial charge in [0.2, 0.25) is 0 Å². The molecule has 0 bridgehead atoms. The van der Waals surface area contributed by atoms with Gasteiger partial charge in [-0.15, -0.1) is 0 Å². The average molecular weight is 496 g/mol. The van der Waals surface area contributed by atoms with Gasteiger partial charge in [0.1, 0.15) is 11.9 Å². The van der Waals surface area contributed by atoms with Gasteiger partial charge in [-0.3, -0.25) is 0 Å². The fourth-order valence-corrected chi connectivity index (χ4v) is 4.43. The molecule has 3 nitrogen and oxygen atoms in total. The van der Waals surface area contributed by atoms with E-state index >= 15 is 0 Å². The first-order valence-electron chi connectivity index (χ1n) is 5.97. The van der Waals surface area contributed by atoms with E-state index in [0.717, 1.165) is 29.6 Å². The van der Waals surface area contributed by atoms with Gasteiger partial charge in [-0.25, -0.2) is 0 Å². The van der Waals surface area contributed by atoms with Crippen molar-refractivity contribution in [1.82, 2.24) is 0 Å². The minimum absolute atomic E-state index is 0.00488. The van der Waals surface area contributed by atoms with Crippen molar-refractivity contribution in [3.63, 3.8) is 0 Å². The minimum atomic E-state index is -0.688. The van der Waals surface area contributed by atoms with E-state index in [1.165, 1.54) is 0 Å². The van der Waals surface area contributed by atoms with Crippen LogP contribution in [0.2, 0.25) is 0 Å². The zero-order valence-electron chi connectivity index (χ0n) is 10.8. The fraction of sp³-hybridized carbons (Fsp3) is 0.200. The summed E-state index contributed by atoms with van der Waals surface area (Å²) >= 11 is 4.38. The van der Waals surface area contributed by atoms with Crippen LogP contribution in [0.5, 0.6) is 5.75 Å². The quantitative estimate of drug-likeness (QED) is 0.638. The number of hydrogen-bond acceptors (Lipinski definition) is 3. The molecule has 2 N–H and O–H groups in total. The van der Waals surface area contributed by atoms with Gasteiger partial charge in [-0.2, -0.15) is 0 Å². The molecule has 0 aliphatic heterocycles. The Balaban J connectivity index is 2.39. The van der Waals surface area contributed by atoms with Gasteiger partial charge in [0.15, 0.2) is 0 Å². The number of ether oxygens (including phenoxy) is 1. The molecular formula is C15H14I2O3. The first-order chi connectivity index (χ1) is 9.56. The Morgan fingerprint density at radius 2 is 1.65 bits per heavy atom. The molecule has 20 heavy (non-hydrogen) atoms. The minimum Gasteiger partial charge on any atom is -0.497 e. The van der Waals surface area contributed by atoms with Crippen molar-refractivity contribution >= 4 is 45.2 Å². The molecule has 0 unspecified atom stereocenters. The predicted octanol–water partition coefficient (Wildman–Crippen LogP) is 3.48. The van der Waals surface area contributed by atoms with Crippen LogP contribution in [0.1, 0.15) is 22.8 Å². The van der Waals surface area contributed by atoms with Gasteiger partial charge in [-0.1, -0.05) is 12.1 Å². The molecule has 0 spiro atoms. The van der Waals surface area contributed by atoms with Crippen LogP contribution < -0.4 is 4.74 Å². The number of aliphatic hydroxyl groups excluding tert-OH is 2. The normalized spacial score (nSPS) is 12.2. The van der Waals surface area contributed by atoms with Gasteiger partial charge in [0.25, 0.3) is 0 Å². The predicted molar refractivity (Wildman–Crippen MR) is 94.9 cm³/mol. The maximum atomic E-state index is 10.6. The van der Waals surface area contributed by atoms with Gasteiger partial charge >= 0.3 is 0 Å². The van der Waals surface area contributed by atoms with E-state index < -0.39 is 6.10 Å². The Bertz CT molecular complexity index is 574. The number of halogens is 2. The molecule has 0 aromatic heterocycles. The van der Waals surface area contributed by atoms with Crippen LogP contribution in [0.25, 0.3) is 0 Å². The fourth-order valence-electron chi connectivity index (χ4n) is 1.94. The Labute approximate surface area is 145 Å². The molecule has 0 amide bonds. The van der Waals surface area contributed by atoms with Crippen molar-refractivity contribution in [2.45, 2.75) is 12.7 Å². The van der Waals surface area contributed by atoms with Crippen LogP contribution in [-0.4, -0.2) is 17.3 Å². The molecule has 0 heterocycles. The van der Waals surface area contributed by atoms with Crippen molar-refractivity contribution in [3.8, 4) is 5.75 Å². The van der Waals surface area contributed by atoms with Gasteiger partial charge in [0.05, 0.1) is 13.7 Å². The van der Waals surface area contributed by atoms with Gasteiger partial charge in [0, 0.05) is 12.7 Å². The van der Waals surface area contributed by atoms with Crippen molar-refractivity contribution in [2.75, 3.05) is 7.11 Å². The van der Waals surface area contributed by atoms with Crippen LogP contribution in [0.15, 0.2) is 36.4 Å². The second-order valence-corrected chi connectivity index (χ2v) is 6.63. The van der Waals surface area contributed by atoms with Crippen molar-refractivity contribution in [3.05, 3.63) is 60.2 Å². The van der Waals surface area contributed by atoms with Crippen LogP contribution in [0.3, 0.4) is 0 Å². The molecular weight excluding hydrogens is 482 g/mol. The summed E-state index contributed by atoms with van der Waals surface area (Å²) < 4.78 is 7.01. The van der Waals surface area contributed by atoms with E-state index in [1.807, 2.05) is 36.4 Å². The van der Waals surface area contributed by atoms with E-state index in [2.05, 4.69) is 45.2 Å². The summed E-state index contributed by atoms with van der Waals surface area (Å²) in [6.07, 6.45) is -0.688. The highest BCUT2D eigenvalue weighted by atomic mass is 127. The van der Waals surface area contributed by atoms with Crippen LogP contribution in [0.4, 0.5) is 0 Å². The largest absolute Gasteiger partial charge is 0.497 e. The number of hydrogen-bond donors (Lipinski definition) is 2. The highest BCUT2D eigenvalue weighted by Gasteiger charge is 2.18. The van der Waals surface area contributed by atoms with E-state index in [4.69, 9.17) is 4.74 Å². The Kier molecular flexibility index (Phi) is 5.65. The molecule has 0 radical (unpaired) electrons. The lowest BCUT2D eigenvalue weighted by molar-refractivity contribution is 0.218. The van der Waals surface area contributed by atoms with Crippen LogP contribution in [0, 0.1) is 7.14 Å². The summed E-state index contributed by atoms with van der Waals surface area (Å²) in [7, 11) is 1.62. The van der Waals surface area contributed by atoms with E-state index in [1.54, 1.807) is 7.11 Å². The van der Waals surface area contributed by atoms with Gasteiger partial charge in [-0.05, 0) is 80.6 Å². The first kappa shape index (κ1) is 16.0. The summed E-state index contributed by atoms with van der Waals surface area (Å²) in [5.41, 5.74) is 2.54.